The van der Waals surface area contributed by atoms with Gasteiger partial charge in [0.05, 0.1) is 32.9 Å². The molecule has 1 atom stereocenters. The minimum absolute atomic E-state index is 0.181. The van der Waals surface area contributed by atoms with Gasteiger partial charge in [-0.3, -0.25) is 9.59 Å². The van der Waals surface area contributed by atoms with Crippen molar-refractivity contribution in [2.75, 3.05) is 33.2 Å². The van der Waals surface area contributed by atoms with Gasteiger partial charge in [0.1, 0.15) is 12.3 Å². The number of rotatable bonds is 5. The molecule has 1 aliphatic heterocycles. The zero-order chi connectivity index (χ0) is 24.4. The Kier molecular flexibility index (Phi) is 7.00. The maximum absolute atomic E-state index is 14.0. The smallest absolute Gasteiger partial charge is 0.259 e. The lowest BCUT2D eigenvalue weighted by molar-refractivity contribution is -0.117. The summed E-state index contributed by atoms with van der Waals surface area (Å²) in [5.41, 5.74) is 2.36. The molecule has 0 fully saturated rings. The van der Waals surface area contributed by atoms with E-state index in [2.05, 4.69) is 21.2 Å². The Hall–Kier alpha value is -3.23. The number of carbonyl (C=O) groups excluding carboxylic acids is 2. The Morgan fingerprint density at radius 2 is 1.71 bits per heavy atom. The third-order valence-electron chi connectivity index (χ3n) is 5.57. The predicted molar refractivity (Wildman–Crippen MR) is 133 cm³/mol. The van der Waals surface area contributed by atoms with Crippen LogP contribution >= 0.6 is 27.5 Å². The fourth-order valence-corrected chi connectivity index (χ4v) is 4.63. The number of anilines is 1. The van der Waals surface area contributed by atoms with Crippen molar-refractivity contribution in [3.05, 3.63) is 80.8 Å². The van der Waals surface area contributed by atoms with Crippen LogP contribution in [0.1, 0.15) is 27.5 Å². The monoisotopic (exact) mass is 544 g/mol. The van der Waals surface area contributed by atoms with Gasteiger partial charge in [0.25, 0.3) is 5.91 Å². The molecule has 9 heteroatoms. The van der Waals surface area contributed by atoms with Crippen LogP contribution in [0.15, 0.2) is 59.1 Å². The SMILES string of the molecule is COc1cc(OC)c(C(=O)N2CC(=O)Nc3ccc(Br)cc3C2c2cccc(Cl)c2)cc1OC. The minimum atomic E-state index is -0.601. The van der Waals surface area contributed by atoms with Crippen LogP contribution in [0.4, 0.5) is 5.69 Å². The number of fused-ring (bicyclic) bond motifs is 1. The topological polar surface area (TPSA) is 77.1 Å². The van der Waals surface area contributed by atoms with Crippen LogP contribution in [0.3, 0.4) is 0 Å². The van der Waals surface area contributed by atoms with Crippen molar-refractivity contribution in [1.29, 1.82) is 0 Å². The summed E-state index contributed by atoms with van der Waals surface area (Å²) in [5.74, 6) is 0.358. The van der Waals surface area contributed by atoms with Crippen molar-refractivity contribution < 1.29 is 23.8 Å². The van der Waals surface area contributed by atoms with E-state index < -0.39 is 11.9 Å². The van der Waals surface area contributed by atoms with Crippen LogP contribution in [0.25, 0.3) is 0 Å². The summed E-state index contributed by atoms with van der Waals surface area (Å²) in [4.78, 5) is 28.4. The lowest BCUT2D eigenvalue weighted by atomic mass is 9.95. The normalized spacial score (nSPS) is 15.1. The molecule has 0 radical (unpaired) electrons. The Morgan fingerprint density at radius 1 is 1.00 bits per heavy atom. The Morgan fingerprint density at radius 3 is 2.38 bits per heavy atom. The first kappa shape index (κ1) is 23.9. The maximum Gasteiger partial charge on any atom is 0.259 e. The van der Waals surface area contributed by atoms with Gasteiger partial charge in [-0.25, -0.2) is 0 Å². The summed E-state index contributed by atoms with van der Waals surface area (Å²) in [6.07, 6.45) is 0. The highest BCUT2D eigenvalue weighted by atomic mass is 79.9. The predicted octanol–water partition coefficient (Wildman–Crippen LogP) is 5.31. The van der Waals surface area contributed by atoms with Gasteiger partial charge < -0.3 is 24.4 Å². The van der Waals surface area contributed by atoms with Gasteiger partial charge in [0.2, 0.25) is 5.91 Å². The highest BCUT2D eigenvalue weighted by Gasteiger charge is 2.35. The van der Waals surface area contributed by atoms with Gasteiger partial charge in [-0.05, 0) is 35.9 Å². The average Bonchev–Trinajstić information content (AvgIpc) is 2.98. The van der Waals surface area contributed by atoms with Crippen molar-refractivity contribution >= 4 is 45.0 Å². The van der Waals surface area contributed by atoms with Crippen molar-refractivity contribution in [1.82, 2.24) is 4.90 Å². The molecule has 0 spiro atoms. The molecule has 0 bridgehead atoms. The number of ether oxygens (including phenoxy) is 3. The lowest BCUT2D eigenvalue weighted by Crippen LogP contribution is -2.39. The molecular weight excluding hydrogens is 524 g/mol. The molecule has 1 N–H and O–H groups in total. The first-order valence-electron chi connectivity index (χ1n) is 10.3. The highest BCUT2D eigenvalue weighted by Crippen LogP contribution is 2.41. The fourth-order valence-electron chi connectivity index (χ4n) is 4.05. The van der Waals surface area contributed by atoms with E-state index in [9.17, 15) is 9.59 Å². The number of nitrogens with one attached hydrogen (secondary N) is 1. The number of nitrogens with zero attached hydrogens (tertiary/aromatic N) is 1. The molecule has 4 rings (SSSR count). The van der Waals surface area contributed by atoms with Crippen LogP contribution in [0, 0.1) is 0 Å². The van der Waals surface area contributed by atoms with Crippen molar-refractivity contribution in [3.63, 3.8) is 0 Å². The van der Waals surface area contributed by atoms with Gasteiger partial charge in [0, 0.05) is 32.9 Å². The van der Waals surface area contributed by atoms with E-state index in [0.29, 0.717) is 28.0 Å². The molecule has 1 aliphatic rings. The van der Waals surface area contributed by atoms with Gasteiger partial charge >= 0.3 is 0 Å². The Bertz CT molecular complexity index is 1270. The second-order valence-electron chi connectivity index (χ2n) is 7.58. The summed E-state index contributed by atoms with van der Waals surface area (Å²) < 4.78 is 17.1. The van der Waals surface area contributed by atoms with Gasteiger partial charge in [-0.15, -0.1) is 0 Å². The van der Waals surface area contributed by atoms with Gasteiger partial charge in [0.15, 0.2) is 11.5 Å². The number of hydrogen-bond acceptors (Lipinski definition) is 5. The standard InChI is InChI=1S/C25H22BrClN2O5/c1-32-20-12-22(34-3)21(33-2)11-18(20)25(31)29-13-23(30)28-19-8-7-15(26)10-17(19)24(29)14-5-4-6-16(27)9-14/h4-12,24H,13H2,1-3H3,(H,28,30). The number of amides is 2. The fraction of sp³-hybridized carbons (Fsp3) is 0.200. The third-order valence-corrected chi connectivity index (χ3v) is 6.30. The molecule has 7 nitrogen and oxygen atoms in total. The van der Waals surface area contributed by atoms with E-state index >= 15 is 0 Å². The average molecular weight is 546 g/mol. The molecule has 0 aromatic heterocycles. The minimum Gasteiger partial charge on any atom is -0.496 e. The molecule has 0 saturated carbocycles. The summed E-state index contributed by atoms with van der Waals surface area (Å²) >= 11 is 9.82. The molecule has 1 unspecified atom stereocenters. The summed E-state index contributed by atoms with van der Waals surface area (Å²) in [5, 5.41) is 3.43. The first-order chi connectivity index (χ1) is 16.4. The molecule has 34 heavy (non-hydrogen) atoms. The van der Waals surface area contributed by atoms with E-state index in [1.165, 1.54) is 26.2 Å². The first-order valence-corrected chi connectivity index (χ1v) is 11.5. The number of hydrogen-bond donors (Lipinski definition) is 1. The molecule has 0 aliphatic carbocycles. The van der Waals surface area contributed by atoms with Gasteiger partial charge in [-0.1, -0.05) is 39.7 Å². The highest BCUT2D eigenvalue weighted by molar-refractivity contribution is 9.10. The second-order valence-corrected chi connectivity index (χ2v) is 8.93. The molecule has 176 valence electrons. The molecule has 0 saturated heterocycles. The zero-order valence-corrected chi connectivity index (χ0v) is 21.1. The third kappa shape index (κ3) is 4.56. The molecule has 3 aromatic carbocycles. The van der Waals surface area contributed by atoms with E-state index in [1.54, 1.807) is 30.3 Å². The number of benzene rings is 3. The number of methoxy groups -OCH3 is 3. The van der Waals surface area contributed by atoms with Crippen LogP contribution in [0.5, 0.6) is 17.2 Å². The summed E-state index contributed by atoms with van der Waals surface area (Å²) in [6.45, 7) is -0.181. The van der Waals surface area contributed by atoms with Crippen molar-refractivity contribution in [2.45, 2.75) is 6.04 Å². The van der Waals surface area contributed by atoms with E-state index in [0.717, 1.165) is 15.6 Å². The van der Waals surface area contributed by atoms with Crippen molar-refractivity contribution in [3.8, 4) is 17.2 Å². The summed E-state index contributed by atoms with van der Waals surface area (Å²) in [7, 11) is 4.45. The van der Waals surface area contributed by atoms with Gasteiger partial charge in [-0.2, -0.15) is 0 Å². The van der Waals surface area contributed by atoms with Crippen LogP contribution in [0.2, 0.25) is 5.02 Å². The number of carbonyl (C=O) groups is 2. The molecular formula is C25H22BrClN2O5. The Balaban J connectivity index is 1.93. The lowest BCUT2D eigenvalue weighted by Gasteiger charge is -2.31. The Labute approximate surface area is 210 Å². The van der Waals surface area contributed by atoms with Crippen molar-refractivity contribution in [2.24, 2.45) is 0 Å². The van der Waals surface area contributed by atoms with E-state index in [-0.39, 0.29) is 18.0 Å². The zero-order valence-electron chi connectivity index (χ0n) is 18.7. The largest absolute Gasteiger partial charge is 0.496 e. The maximum atomic E-state index is 14.0. The quantitative estimate of drug-likeness (QED) is 0.470. The van der Waals surface area contributed by atoms with Crippen LogP contribution < -0.4 is 19.5 Å². The number of halogens is 2. The summed E-state index contributed by atoms with van der Waals surface area (Å²) in [6, 6.07) is 15.3. The van der Waals surface area contributed by atoms with Crippen LogP contribution in [-0.4, -0.2) is 44.6 Å². The molecule has 1 heterocycles. The molecule has 2 amide bonds. The second kappa shape index (κ2) is 9.95. The molecule has 3 aromatic rings. The van der Waals surface area contributed by atoms with E-state index in [1.807, 2.05) is 24.3 Å². The van der Waals surface area contributed by atoms with E-state index in [4.69, 9.17) is 25.8 Å². The van der Waals surface area contributed by atoms with Crippen LogP contribution in [-0.2, 0) is 4.79 Å².